The number of fused-ring (bicyclic) bond motifs is 1. The topological polar surface area (TPSA) is 140 Å². The number of hydrogen-bond acceptors (Lipinski definition) is 10. The summed E-state index contributed by atoms with van der Waals surface area (Å²) in [6, 6.07) is 0.193. The van der Waals surface area contributed by atoms with E-state index in [1.807, 2.05) is 6.92 Å². The Morgan fingerprint density at radius 1 is 1.30 bits per heavy atom. The number of rotatable bonds is 6. The summed E-state index contributed by atoms with van der Waals surface area (Å²) in [5, 5.41) is 6.22. The van der Waals surface area contributed by atoms with E-state index in [1.54, 1.807) is 13.1 Å². The van der Waals surface area contributed by atoms with E-state index < -0.39 is 5.92 Å². The summed E-state index contributed by atoms with van der Waals surface area (Å²) < 4.78 is 21.1. The van der Waals surface area contributed by atoms with Crippen molar-refractivity contribution in [2.24, 2.45) is 11.1 Å². The Bertz CT molecular complexity index is 1110. The van der Waals surface area contributed by atoms with Gasteiger partial charge in [0.15, 0.2) is 5.75 Å². The summed E-state index contributed by atoms with van der Waals surface area (Å²) in [5.74, 6) is 0.953. The van der Waals surface area contributed by atoms with Crippen LogP contribution >= 0.6 is 0 Å². The first-order valence-electron chi connectivity index (χ1n) is 11.0. The number of aromatic nitrogens is 4. The molecule has 2 aliphatic heterocycles. The fourth-order valence-electron chi connectivity index (χ4n) is 4.45. The molecule has 11 heteroatoms. The van der Waals surface area contributed by atoms with Gasteiger partial charge in [-0.15, -0.1) is 0 Å². The smallest absolute Gasteiger partial charge is 0.326 e. The lowest BCUT2D eigenvalue weighted by Crippen LogP contribution is -2.30. The second kappa shape index (κ2) is 8.14. The summed E-state index contributed by atoms with van der Waals surface area (Å²) in [7, 11) is 1.80. The molecule has 1 aliphatic carbocycles. The van der Waals surface area contributed by atoms with E-state index in [4.69, 9.17) is 21.2 Å². The molecule has 1 saturated heterocycles. The Balaban J connectivity index is 1.52. The molecule has 2 aromatic heterocycles. The molecule has 0 amide bonds. The van der Waals surface area contributed by atoms with Crippen molar-refractivity contribution in [1.82, 2.24) is 25.3 Å². The maximum atomic E-state index is 15.3. The highest BCUT2D eigenvalue weighted by Crippen LogP contribution is 2.54. The van der Waals surface area contributed by atoms with Crippen LogP contribution in [0.3, 0.4) is 0 Å². The Labute approximate surface area is 191 Å². The Hall–Kier alpha value is -3.47. The van der Waals surface area contributed by atoms with Crippen LogP contribution in [0.15, 0.2) is 36.1 Å². The fourth-order valence-corrected chi connectivity index (χ4v) is 4.45. The highest BCUT2D eigenvalue weighted by molar-refractivity contribution is 5.68. The maximum Gasteiger partial charge on any atom is 0.326 e. The van der Waals surface area contributed by atoms with Crippen LogP contribution in [0.1, 0.15) is 31.2 Å². The van der Waals surface area contributed by atoms with Gasteiger partial charge in [0, 0.05) is 49.4 Å². The lowest BCUT2D eigenvalue weighted by atomic mass is 10.0. The molecule has 3 aliphatic rings. The highest BCUT2D eigenvalue weighted by Gasteiger charge is 2.54. The van der Waals surface area contributed by atoms with Crippen LogP contribution in [0.2, 0.25) is 0 Å². The van der Waals surface area contributed by atoms with Crippen molar-refractivity contribution in [1.29, 1.82) is 0 Å². The number of allylic oxidation sites excluding steroid dienone is 3. The molecule has 2 atom stereocenters. The third kappa shape index (κ3) is 4.04. The number of anilines is 3. The fraction of sp³-hybridized carbons (Fsp3) is 0.455. The summed E-state index contributed by atoms with van der Waals surface area (Å²) in [4.78, 5) is 19.2. The third-order valence-corrected chi connectivity index (χ3v) is 6.71. The first-order valence-corrected chi connectivity index (χ1v) is 11.0. The standard InChI is InChI=1S/C22H28FN9O/c1-12(26-2)3-4-15(23)14-9-27-18-17(14)19(32-10-16(24)22(11-32)5-6-22)31-21(30-18)33-13-7-28-20(25)29-8-13/h3-4,7-8,14,16,26H,5-6,9-11,24H2,1-2H3,(H2,25,28,29)(H,27,30,31)/b12-3+,15-4+. The molecule has 2 aromatic rings. The molecule has 0 bridgehead atoms. The number of nitrogens with zero attached hydrogens (tertiary/aromatic N) is 5. The van der Waals surface area contributed by atoms with E-state index >= 15 is 4.39 Å². The second-order valence-corrected chi connectivity index (χ2v) is 8.91. The first kappa shape index (κ1) is 21.4. The van der Waals surface area contributed by atoms with Crippen molar-refractivity contribution in [2.75, 3.05) is 42.6 Å². The number of nitrogen functional groups attached to an aromatic ring is 1. The van der Waals surface area contributed by atoms with Gasteiger partial charge in [0.2, 0.25) is 5.95 Å². The molecule has 6 N–H and O–H groups in total. The number of ether oxygens (including phenoxy) is 1. The Morgan fingerprint density at radius 3 is 2.73 bits per heavy atom. The van der Waals surface area contributed by atoms with Gasteiger partial charge >= 0.3 is 6.01 Å². The molecule has 1 saturated carbocycles. The average molecular weight is 454 g/mol. The van der Waals surface area contributed by atoms with Gasteiger partial charge in [-0.3, -0.25) is 0 Å². The van der Waals surface area contributed by atoms with Crippen LogP contribution in [0, 0.1) is 5.41 Å². The molecule has 2 unspecified atom stereocenters. The van der Waals surface area contributed by atoms with Crippen molar-refractivity contribution >= 4 is 17.6 Å². The van der Waals surface area contributed by atoms with Gasteiger partial charge < -0.3 is 31.7 Å². The minimum atomic E-state index is -0.503. The molecule has 2 fully saturated rings. The molecule has 0 radical (unpaired) electrons. The molecule has 10 nitrogen and oxygen atoms in total. The highest BCUT2D eigenvalue weighted by atomic mass is 19.1. The van der Waals surface area contributed by atoms with E-state index in [0.29, 0.717) is 30.5 Å². The predicted molar refractivity (Wildman–Crippen MR) is 124 cm³/mol. The molecule has 4 heterocycles. The van der Waals surface area contributed by atoms with E-state index in [0.717, 1.165) is 30.6 Å². The van der Waals surface area contributed by atoms with Gasteiger partial charge in [0.1, 0.15) is 17.5 Å². The van der Waals surface area contributed by atoms with E-state index in [-0.39, 0.29) is 29.2 Å². The lowest BCUT2D eigenvalue weighted by Gasteiger charge is -2.22. The maximum absolute atomic E-state index is 15.3. The van der Waals surface area contributed by atoms with Crippen LogP contribution in [-0.2, 0) is 0 Å². The molecule has 5 rings (SSSR count). The monoisotopic (exact) mass is 453 g/mol. The largest absolute Gasteiger partial charge is 0.421 e. The Kier molecular flexibility index (Phi) is 5.28. The van der Waals surface area contributed by atoms with Gasteiger partial charge in [0.05, 0.1) is 18.3 Å². The van der Waals surface area contributed by atoms with Crippen molar-refractivity contribution in [3.63, 3.8) is 0 Å². The summed E-state index contributed by atoms with van der Waals surface area (Å²) in [6.45, 7) is 3.71. The predicted octanol–water partition coefficient (Wildman–Crippen LogP) is 2.05. The van der Waals surface area contributed by atoms with E-state index in [2.05, 4.69) is 30.5 Å². The summed E-state index contributed by atoms with van der Waals surface area (Å²) in [6.07, 6.45) is 8.34. The minimum Gasteiger partial charge on any atom is -0.421 e. The Morgan fingerprint density at radius 2 is 2.06 bits per heavy atom. The van der Waals surface area contributed by atoms with Crippen LogP contribution in [0.4, 0.5) is 22.0 Å². The van der Waals surface area contributed by atoms with E-state index in [9.17, 15) is 0 Å². The van der Waals surface area contributed by atoms with Crippen LogP contribution in [0.5, 0.6) is 11.8 Å². The number of nitrogens with two attached hydrogens (primary N) is 2. The average Bonchev–Trinajstić information content (AvgIpc) is 3.35. The zero-order valence-corrected chi connectivity index (χ0v) is 18.7. The SMILES string of the molecule is CN/C(C)=C/C=C(/F)C1CNc2nc(Oc3cnc(N)nc3)nc(N3CC(N)C4(CC4)C3)c21. The van der Waals surface area contributed by atoms with Gasteiger partial charge in [-0.1, -0.05) is 0 Å². The molecule has 174 valence electrons. The summed E-state index contributed by atoms with van der Waals surface area (Å²) >= 11 is 0. The molecular weight excluding hydrogens is 425 g/mol. The van der Waals surface area contributed by atoms with Gasteiger partial charge in [-0.05, 0) is 31.9 Å². The minimum absolute atomic E-state index is 0.0624. The van der Waals surface area contributed by atoms with Crippen molar-refractivity contribution in [3.8, 4) is 11.8 Å². The lowest BCUT2D eigenvalue weighted by molar-refractivity contribution is 0.438. The number of halogens is 1. The zero-order chi connectivity index (χ0) is 23.2. The molecule has 33 heavy (non-hydrogen) atoms. The van der Waals surface area contributed by atoms with Gasteiger partial charge in [-0.25, -0.2) is 14.4 Å². The molecular formula is C22H28FN9O. The van der Waals surface area contributed by atoms with Gasteiger partial charge in [-0.2, -0.15) is 9.97 Å². The summed E-state index contributed by atoms with van der Waals surface area (Å²) in [5.41, 5.74) is 13.7. The van der Waals surface area contributed by atoms with Crippen LogP contribution < -0.4 is 31.7 Å². The quantitative estimate of drug-likeness (QED) is 0.480. The molecule has 1 spiro atoms. The number of hydrogen-bond donors (Lipinski definition) is 4. The van der Waals surface area contributed by atoms with Crippen LogP contribution in [-0.4, -0.2) is 52.7 Å². The third-order valence-electron chi connectivity index (χ3n) is 6.71. The van der Waals surface area contributed by atoms with Gasteiger partial charge in [0.25, 0.3) is 0 Å². The zero-order valence-electron chi connectivity index (χ0n) is 18.7. The number of nitrogens with one attached hydrogen (secondary N) is 2. The van der Waals surface area contributed by atoms with E-state index in [1.165, 1.54) is 18.5 Å². The van der Waals surface area contributed by atoms with Crippen molar-refractivity contribution in [3.05, 3.63) is 41.6 Å². The normalized spacial score (nSPS) is 23.5. The van der Waals surface area contributed by atoms with Crippen LogP contribution in [0.25, 0.3) is 0 Å². The molecule has 0 aromatic carbocycles. The van der Waals surface area contributed by atoms with Crippen molar-refractivity contribution < 1.29 is 9.13 Å². The van der Waals surface area contributed by atoms with Crippen molar-refractivity contribution in [2.45, 2.75) is 31.7 Å². The first-order chi connectivity index (χ1) is 15.9. The second-order valence-electron chi connectivity index (χ2n) is 8.91.